The van der Waals surface area contributed by atoms with Crippen molar-refractivity contribution in [3.8, 4) is 0 Å². The number of amides is 1. The molecule has 5 aromatic rings. The van der Waals surface area contributed by atoms with Gasteiger partial charge in [0.1, 0.15) is 11.4 Å². The topological polar surface area (TPSA) is 63.4 Å². The van der Waals surface area contributed by atoms with E-state index >= 15 is 0 Å². The van der Waals surface area contributed by atoms with Crippen LogP contribution in [0.4, 0.5) is 9.52 Å². The fourth-order valence-corrected chi connectivity index (χ4v) is 5.87. The van der Waals surface area contributed by atoms with E-state index in [1.807, 2.05) is 39.0 Å². The number of aryl methyl sites for hydroxylation is 3. The first-order valence-corrected chi connectivity index (χ1v) is 11.7. The van der Waals surface area contributed by atoms with Crippen molar-refractivity contribution >= 4 is 43.6 Å². The average Bonchev–Trinajstić information content (AvgIpc) is 3.34. The van der Waals surface area contributed by atoms with Crippen LogP contribution in [0, 0.1) is 26.6 Å². The monoisotopic (exact) mass is 470 g/mol. The number of thiazole rings is 1. The molecule has 1 aliphatic rings. The number of halogens is 1. The minimum Gasteiger partial charge on any atom is -0.450 e. The van der Waals surface area contributed by atoms with Crippen LogP contribution in [0.2, 0.25) is 0 Å². The molecule has 0 aliphatic carbocycles. The molecule has 5 nitrogen and oxygen atoms in total. The van der Waals surface area contributed by atoms with Crippen LogP contribution in [0.15, 0.2) is 63.8 Å². The molecule has 1 aliphatic heterocycles. The quantitative estimate of drug-likeness (QED) is 0.307. The first-order chi connectivity index (χ1) is 16.3. The van der Waals surface area contributed by atoms with Gasteiger partial charge in [0, 0.05) is 0 Å². The Morgan fingerprint density at radius 1 is 0.971 bits per heavy atom. The highest BCUT2D eigenvalue weighted by molar-refractivity contribution is 7.22. The Bertz CT molecular complexity index is 1700. The lowest BCUT2D eigenvalue weighted by atomic mass is 9.98. The predicted octanol–water partition coefficient (Wildman–Crippen LogP) is 6.22. The number of anilines is 1. The molecule has 2 aromatic heterocycles. The maximum atomic E-state index is 13.7. The highest BCUT2D eigenvalue weighted by Crippen LogP contribution is 2.44. The molecule has 0 bridgehead atoms. The summed E-state index contributed by atoms with van der Waals surface area (Å²) in [7, 11) is 0. The van der Waals surface area contributed by atoms with Crippen LogP contribution in [-0.4, -0.2) is 10.9 Å². The lowest BCUT2D eigenvalue weighted by molar-refractivity contribution is 0.0971. The maximum Gasteiger partial charge on any atom is 0.297 e. The van der Waals surface area contributed by atoms with Gasteiger partial charge in [-0.15, -0.1) is 0 Å². The van der Waals surface area contributed by atoms with E-state index in [9.17, 15) is 14.0 Å². The number of carbonyl (C=O) groups excluding carboxylic acids is 1. The molecule has 0 N–H and O–H groups in total. The van der Waals surface area contributed by atoms with Crippen molar-refractivity contribution in [2.24, 2.45) is 0 Å². The molecular weight excluding hydrogens is 451 g/mol. The number of nitrogens with zero attached hydrogens (tertiary/aromatic N) is 2. The maximum absolute atomic E-state index is 13.7. The Kier molecular flexibility index (Phi) is 4.47. The summed E-state index contributed by atoms with van der Waals surface area (Å²) >= 11 is 1.39. The summed E-state index contributed by atoms with van der Waals surface area (Å²) in [5.41, 5.74) is 4.79. The first kappa shape index (κ1) is 20.7. The number of hydrogen-bond acceptors (Lipinski definition) is 5. The van der Waals surface area contributed by atoms with Crippen molar-refractivity contribution < 1.29 is 13.6 Å². The molecule has 168 valence electrons. The van der Waals surface area contributed by atoms with Crippen molar-refractivity contribution in [3.05, 3.63) is 104 Å². The van der Waals surface area contributed by atoms with Crippen LogP contribution in [-0.2, 0) is 0 Å². The van der Waals surface area contributed by atoms with E-state index in [2.05, 4.69) is 0 Å². The van der Waals surface area contributed by atoms with Crippen LogP contribution in [0.25, 0.3) is 21.2 Å². The third-order valence-corrected chi connectivity index (χ3v) is 7.24. The fourth-order valence-electron chi connectivity index (χ4n) is 4.71. The molecule has 1 amide bonds. The van der Waals surface area contributed by atoms with E-state index in [1.165, 1.54) is 28.4 Å². The molecule has 0 radical (unpaired) electrons. The summed E-state index contributed by atoms with van der Waals surface area (Å²) in [6, 6.07) is 14.5. The molecule has 3 heterocycles. The van der Waals surface area contributed by atoms with E-state index in [-0.39, 0.29) is 16.8 Å². The van der Waals surface area contributed by atoms with Crippen molar-refractivity contribution in [1.29, 1.82) is 0 Å². The number of carbonyl (C=O) groups is 1. The van der Waals surface area contributed by atoms with Gasteiger partial charge in [0.15, 0.2) is 10.6 Å². The zero-order valence-electron chi connectivity index (χ0n) is 18.7. The van der Waals surface area contributed by atoms with Crippen molar-refractivity contribution in [2.45, 2.75) is 26.8 Å². The molecule has 0 saturated heterocycles. The highest BCUT2D eigenvalue weighted by Gasteiger charge is 2.45. The summed E-state index contributed by atoms with van der Waals surface area (Å²) in [4.78, 5) is 33.7. The minimum atomic E-state index is -0.772. The normalized spacial score (nSPS) is 15.5. The Labute approximate surface area is 198 Å². The summed E-state index contributed by atoms with van der Waals surface area (Å²) in [6.45, 7) is 5.89. The largest absolute Gasteiger partial charge is 0.450 e. The molecule has 0 spiro atoms. The van der Waals surface area contributed by atoms with E-state index in [0.29, 0.717) is 21.7 Å². The molecular formula is C27H19FN2O3S. The zero-order valence-corrected chi connectivity index (χ0v) is 19.5. The standard InChI is InChI=1S/C27H19FN2O3S/c1-13-4-9-19-18(11-13)24(31)21-23(16-5-7-17(28)8-6-16)30(26(32)25(21)33-19)27-29-22-15(3)10-14(2)12-20(22)34-27/h4-12,23H,1-3H3/t23-/m1/s1. The van der Waals surface area contributed by atoms with Crippen LogP contribution in [0.3, 0.4) is 0 Å². The van der Waals surface area contributed by atoms with Crippen molar-refractivity contribution in [3.63, 3.8) is 0 Å². The first-order valence-electron chi connectivity index (χ1n) is 10.9. The van der Waals surface area contributed by atoms with Crippen LogP contribution in [0.1, 0.15) is 44.4 Å². The summed E-state index contributed by atoms with van der Waals surface area (Å²) < 4.78 is 20.7. The van der Waals surface area contributed by atoms with E-state index in [0.717, 1.165) is 26.9 Å². The van der Waals surface area contributed by atoms with E-state index in [4.69, 9.17) is 9.40 Å². The molecule has 0 unspecified atom stereocenters. The summed E-state index contributed by atoms with van der Waals surface area (Å²) in [5, 5.41) is 0.880. The molecule has 6 rings (SSSR count). The lowest BCUT2D eigenvalue weighted by Gasteiger charge is -2.22. The Morgan fingerprint density at radius 3 is 2.50 bits per heavy atom. The van der Waals surface area contributed by atoms with Gasteiger partial charge >= 0.3 is 0 Å². The summed E-state index contributed by atoms with van der Waals surface area (Å²) in [5.74, 6) is -0.827. The second-order valence-electron chi connectivity index (χ2n) is 8.73. The predicted molar refractivity (Wildman–Crippen MR) is 131 cm³/mol. The fraction of sp³-hybridized carbons (Fsp3) is 0.148. The van der Waals surface area contributed by atoms with Gasteiger partial charge < -0.3 is 4.42 Å². The van der Waals surface area contributed by atoms with Gasteiger partial charge in [0.05, 0.1) is 27.2 Å². The molecule has 0 fully saturated rings. The van der Waals surface area contributed by atoms with Gasteiger partial charge in [0.25, 0.3) is 5.91 Å². The smallest absolute Gasteiger partial charge is 0.297 e. The molecule has 1 atom stereocenters. The number of aromatic nitrogens is 1. The number of benzene rings is 3. The van der Waals surface area contributed by atoms with E-state index in [1.54, 1.807) is 24.3 Å². The molecule has 34 heavy (non-hydrogen) atoms. The van der Waals surface area contributed by atoms with Crippen LogP contribution in [0.5, 0.6) is 0 Å². The van der Waals surface area contributed by atoms with Crippen molar-refractivity contribution in [1.82, 2.24) is 4.98 Å². The summed E-state index contributed by atoms with van der Waals surface area (Å²) in [6.07, 6.45) is 0. The molecule has 7 heteroatoms. The van der Waals surface area contributed by atoms with Gasteiger partial charge in [-0.05, 0) is 67.8 Å². The Hall–Kier alpha value is -3.84. The number of fused-ring (bicyclic) bond motifs is 3. The minimum absolute atomic E-state index is 0.00263. The second-order valence-corrected chi connectivity index (χ2v) is 9.74. The van der Waals surface area contributed by atoms with Gasteiger partial charge in [-0.25, -0.2) is 9.37 Å². The van der Waals surface area contributed by atoms with Crippen LogP contribution < -0.4 is 10.3 Å². The van der Waals surface area contributed by atoms with Gasteiger partial charge in [-0.1, -0.05) is 41.2 Å². The number of hydrogen-bond donors (Lipinski definition) is 0. The third-order valence-electron chi connectivity index (χ3n) is 6.24. The second kappa shape index (κ2) is 7.33. The third kappa shape index (κ3) is 3.00. The van der Waals surface area contributed by atoms with Gasteiger partial charge in [-0.3, -0.25) is 14.5 Å². The lowest BCUT2D eigenvalue weighted by Crippen LogP contribution is -2.29. The molecule has 0 saturated carbocycles. The van der Waals surface area contributed by atoms with Crippen LogP contribution >= 0.6 is 11.3 Å². The van der Waals surface area contributed by atoms with Gasteiger partial charge in [-0.2, -0.15) is 0 Å². The average molecular weight is 471 g/mol. The van der Waals surface area contributed by atoms with Gasteiger partial charge in [0.2, 0.25) is 5.76 Å². The Morgan fingerprint density at radius 2 is 1.74 bits per heavy atom. The number of rotatable bonds is 2. The highest BCUT2D eigenvalue weighted by atomic mass is 32.1. The SMILES string of the molecule is Cc1cc(C)c2nc(N3C(=O)c4oc5ccc(C)cc5c(=O)c4[C@H]3c3ccc(F)cc3)sc2c1. The van der Waals surface area contributed by atoms with E-state index < -0.39 is 17.8 Å². The zero-order chi connectivity index (χ0) is 23.7. The van der Waals surface area contributed by atoms with Crippen molar-refractivity contribution in [2.75, 3.05) is 4.90 Å². The molecule has 3 aromatic carbocycles. The Balaban J connectivity index is 1.65.